The summed E-state index contributed by atoms with van der Waals surface area (Å²) in [6.07, 6.45) is 0.871. The van der Waals surface area contributed by atoms with Gasteiger partial charge in [-0.2, -0.15) is 13.2 Å². The lowest BCUT2D eigenvalue weighted by Gasteiger charge is -2.42. The first-order valence-electron chi connectivity index (χ1n) is 9.37. The summed E-state index contributed by atoms with van der Waals surface area (Å²) in [7, 11) is 0. The molecule has 0 bridgehead atoms. The molecule has 6 nitrogen and oxygen atoms in total. The molecule has 0 radical (unpaired) electrons. The van der Waals surface area contributed by atoms with Crippen molar-refractivity contribution in [3.8, 4) is 11.6 Å². The molecular weight excluding hydrogens is 397 g/mol. The van der Waals surface area contributed by atoms with Gasteiger partial charge in [0.05, 0.1) is 5.56 Å². The summed E-state index contributed by atoms with van der Waals surface area (Å²) in [5, 5.41) is 0. The minimum Gasteiger partial charge on any atom is -0.304 e. The number of hydrogen-bond acceptors (Lipinski definition) is 5. The zero-order valence-electron chi connectivity index (χ0n) is 15.7. The highest BCUT2D eigenvalue weighted by molar-refractivity contribution is 5.95. The second-order valence-corrected chi connectivity index (χ2v) is 7.36. The molecule has 3 aromatic rings. The molecule has 0 aliphatic heterocycles. The van der Waals surface area contributed by atoms with Crippen LogP contribution in [0.2, 0.25) is 0 Å². The number of aromatic amines is 1. The molecule has 1 N–H and O–H groups in total. The lowest BCUT2D eigenvalue weighted by molar-refractivity contribution is -0.137. The molecule has 9 heteroatoms. The van der Waals surface area contributed by atoms with E-state index in [0.29, 0.717) is 18.4 Å². The molecule has 1 fully saturated rings. The standard InChI is InChI=1S/C21H17F3N4O2/c22-21(23,24)14-5-3-13(4-6-14)20(7-1-8-20)12-16(29)15-11-17(30)28-19(27-15)18-25-9-2-10-26-18/h2-6,9-11H,1,7-8,12H2,(H,27,28,30). The van der Waals surface area contributed by atoms with Crippen molar-refractivity contribution in [2.24, 2.45) is 0 Å². The summed E-state index contributed by atoms with van der Waals surface area (Å²) in [4.78, 5) is 39.7. The summed E-state index contributed by atoms with van der Waals surface area (Å²) in [5.74, 6) is -0.0770. The highest BCUT2D eigenvalue weighted by Gasteiger charge is 2.41. The minimum atomic E-state index is -4.41. The smallest absolute Gasteiger partial charge is 0.304 e. The van der Waals surface area contributed by atoms with Gasteiger partial charge >= 0.3 is 6.18 Å². The van der Waals surface area contributed by atoms with Crippen molar-refractivity contribution in [2.45, 2.75) is 37.3 Å². The molecule has 1 aliphatic rings. The number of H-pyrrole nitrogens is 1. The van der Waals surface area contributed by atoms with E-state index >= 15 is 0 Å². The van der Waals surface area contributed by atoms with Crippen LogP contribution in [0.3, 0.4) is 0 Å². The van der Waals surface area contributed by atoms with E-state index in [1.165, 1.54) is 24.5 Å². The van der Waals surface area contributed by atoms with E-state index < -0.39 is 22.7 Å². The number of Topliss-reactive ketones (excluding diaryl/α,β-unsaturated/α-hetero) is 1. The number of aromatic nitrogens is 4. The summed E-state index contributed by atoms with van der Waals surface area (Å²) >= 11 is 0. The topological polar surface area (TPSA) is 88.6 Å². The third kappa shape index (κ3) is 3.87. The molecular formula is C21H17F3N4O2. The van der Waals surface area contributed by atoms with Crippen LogP contribution in [0.15, 0.2) is 53.6 Å². The van der Waals surface area contributed by atoms with Crippen LogP contribution >= 0.6 is 0 Å². The molecule has 4 rings (SSSR count). The van der Waals surface area contributed by atoms with E-state index in [1.807, 2.05) is 0 Å². The highest BCUT2D eigenvalue weighted by Crippen LogP contribution is 2.47. The van der Waals surface area contributed by atoms with Gasteiger partial charge in [-0.25, -0.2) is 15.0 Å². The Labute approximate surface area is 169 Å². The fourth-order valence-corrected chi connectivity index (χ4v) is 3.71. The van der Waals surface area contributed by atoms with Crippen LogP contribution in [0, 0.1) is 0 Å². The van der Waals surface area contributed by atoms with E-state index in [1.54, 1.807) is 6.07 Å². The number of nitrogens with one attached hydrogen (secondary N) is 1. The fourth-order valence-electron chi connectivity index (χ4n) is 3.71. The zero-order valence-corrected chi connectivity index (χ0v) is 15.7. The van der Waals surface area contributed by atoms with Crippen molar-refractivity contribution in [1.82, 2.24) is 19.9 Å². The van der Waals surface area contributed by atoms with Gasteiger partial charge in [0.2, 0.25) is 0 Å². The Morgan fingerprint density at radius 1 is 1.10 bits per heavy atom. The van der Waals surface area contributed by atoms with Crippen LogP contribution in [0.1, 0.15) is 47.3 Å². The van der Waals surface area contributed by atoms with Gasteiger partial charge in [0, 0.05) is 30.3 Å². The predicted octanol–water partition coefficient (Wildman–Crippen LogP) is 3.94. The molecule has 2 aromatic heterocycles. The number of carbonyl (C=O) groups excluding carboxylic acids is 1. The number of ketones is 1. The number of carbonyl (C=O) groups is 1. The Hall–Kier alpha value is -3.36. The maximum Gasteiger partial charge on any atom is 0.416 e. The van der Waals surface area contributed by atoms with Crippen LogP contribution in [0.4, 0.5) is 13.2 Å². The molecule has 0 spiro atoms. The average molecular weight is 414 g/mol. The summed E-state index contributed by atoms with van der Waals surface area (Å²) in [5.41, 5.74) is -1.11. The average Bonchev–Trinajstić information content (AvgIpc) is 2.70. The van der Waals surface area contributed by atoms with E-state index in [-0.39, 0.29) is 29.5 Å². The molecule has 2 heterocycles. The monoisotopic (exact) mass is 414 g/mol. The van der Waals surface area contributed by atoms with Crippen molar-refractivity contribution >= 4 is 5.78 Å². The second kappa shape index (κ2) is 7.47. The van der Waals surface area contributed by atoms with E-state index in [9.17, 15) is 22.8 Å². The molecule has 0 atom stereocenters. The molecule has 1 aliphatic carbocycles. The molecule has 1 saturated carbocycles. The van der Waals surface area contributed by atoms with Gasteiger partial charge in [0.25, 0.3) is 5.56 Å². The van der Waals surface area contributed by atoms with Crippen LogP contribution in [-0.2, 0) is 11.6 Å². The first-order valence-corrected chi connectivity index (χ1v) is 9.37. The van der Waals surface area contributed by atoms with Crippen molar-refractivity contribution < 1.29 is 18.0 Å². The van der Waals surface area contributed by atoms with Gasteiger partial charge in [-0.1, -0.05) is 18.6 Å². The number of rotatable bonds is 5. The quantitative estimate of drug-likeness (QED) is 0.639. The number of hydrogen-bond donors (Lipinski definition) is 1. The Kier molecular flexibility index (Phi) is 4.97. The summed E-state index contributed by atoms with van der Waals surface area (Å²) in [6, 6.07) is 7.68. The van der Waals surface area contributed by atoms with Crippen molar-refractivity contribution in [1.29, 1.82) is 0 Å². The van der Waals surface area contributed by atoms with E-state index in [4.69, 9.17) is 0 Å². The normalized spacial score (nSPS) is 15.4. The van der Waals surface area contributed by atoms with Gasteiger partial charge in [-0.05, 0) is 36.6 Å². The van der Waals surface area contributed by atoms with Gasteiger partial charge < -0.3 is 4.98 Å². The van der Waals surface area contributed by atoms with Crippen LogP contribution in [-0.4, -0.2) is 25.7 Å². The first kappa shape index (κ1) is 19.9. The molecule has 0 saturated heterocycles. The largest absolute Gasteiger partial charge is 0.416 e. The lowest BCUT2D eigenvalue weighted by Crippen LogP contribution is -2.37. The van der Waals surface area contributed by atoms with Gasteiger partial charge in [0.15, 0.2) is 17.4 Å². The molecule has 30 heavy (non-hydrogen) atoms. The highest BCUT2D eigenvalue weighted by atomic mass is 19.4. The van der Waals surface area contributed by atoms with E-state index in [2.05, 4.69) is 19.9 Å². The lowest BCUT2D eigenvalue weighted by atomic mass is 9.61. The second-order valence-electron chi connectivity index (χ2n) is 7.36. The minimum absolute atomic E-state index is 0.0145. The van der Waals surface area contributed by atoms with Gasteiger partial charge in [0.1, 0.15) is 5.69 Å². The Balaban J connectivity index is 1.61. The van der Waals surface area contributed by atoms with Gasteiger partial charge in [-0.3, -0.25) is 9.59 Å². The van der Waals surface area contributed by atoms with Crippen molar-refractivity contribution in [2.75, 3.05) is 0 Å². The van der Waals surface area contributed by atoms with Crippen LogP contribution in [0.5, 0.6) is 0 Å². The molecule has 154 valence electrons. The maximum atomic E-state index is 13.0. The Bertz CT molecular complexity index is 1120. The maximum absolute atomic E-state index is 13.0. The van der Waals surface area contributed by atoms with Crippen LogP contribution < -0.4 is 5.56 Å². The fraction of sp³-hybridized carbons (Fsp3) is 0.286. The Morgan fingerprint density at radius 3 is 2.33 bits per heavy atom. The number of halogens is 3. The van der Waals surface area contributed by atoms with Crippen molar-refractivity contribution in [3.05, 3.63) is 76.0 Å². The van der Waals surface area contributed by atoms with Gasteiger partial charge in [-0.15, -0.1) is 0 Å². The summed E-state index contributed by atoms with van der Waals surface area (Å²) < 4.78 is 38.6. The summed E-state index contributed by atoms with van der Waals surface area (Å²) in [6.45, 7) is 0. The molecule has 1 aromatic carbocycles. The Morgan fingerprint density at radius 2 is 1.77 bits per heavy atom. The number of benzene rings is 1. The predicted molar refractivity (Wildman–Crippen MR) is 102 cm³/mol. The van der Waals surface area contributed by atoms with E-state index in [0.717, 1.165) is 24.6 Å². The first-order chi connectivity index (χ1) is 14.3. The number of alkyl halides is 3. The molecule has 0 amide bonds. The zero-order chi connectivity index (χ0) is 21.4. The number of nitrogens with zero attached hydrogens (tertiary/aromatic N) is 3. The third-order valence-electron chi connectivity index (χ3n) is 5.44. The molecule has 0 unspecified atom stereocenters. The van der Waals surface area contributed by atoms with Crippen LogP contribution in [0.25, 0.3) is 11.6 Å². The SMILES string of the molecule is O=C(CC1(c2ccc(C(F)(F)F)cc2)CCC1)c1cc(=O)[nH]c(-c2ncccn2)n1. The third-order valence-corrected chi connectivity index (χ3v) is 5.44. The van der Waals surface area contributed by atoms with Crippen molar-refractivity contribution in [3.63, 3.8) is 0 Å².